The highest BCUT2D eigenvalue weighted by Crippen LogP contribution is 2.02. The van der Waals surface area contributed by atoms with Gasteiger partial charge in [-0.3, -0.25) is 19.3 Å². The number of rotatable bonds is 36. The SMILES string of the molecule is CC(=O)OCCOCCOCCOCCOCCOCCOCCOCCOCCOCCOCCOCCN1C(=O)C=CC1=O. The topological polar surface area (TPSA) is 165 Å². The number of amides is 2. The molecule has 1 aliphatic rings. The van der Waals surface area contributed by atoms with Crippen LogP contribution in [0, 0.1) is 0 Å². The Morgan fingerprint density at radius 2 is 0.630 bits per heavy atom. The van der Waals surface area contributed by atoms with Gasteiger partial charge < -0.3 is 56.8 Å². The summed E-state index contributed by atoms with van der Waals surface area (Å²) in [5.41, 5.74) is 0. The number of esters is 1. The number of imide groups is 1. The largest absolute Gasteiger partial charge is 0.463 e. The fourth-order valence-electron chi connectivity index (χ4n) is 3.35. The molecule has 0 bridgehead atoms. The molecule has 2 amide bonds. The molecule has 16 heteroatoms. The number of carbonyl (C=O) groups is 3. The van der Waals surface area contributed by atoms with Crippen molar-refractivity contribution in [2.75, 3.05) is 159 Å². The van der Waals surface area contributed by atoms with E-state index in [9.17, 15) is 14.4 Å². The van der Waals surface area contributed by atoms with E-state index >= 15 is 0 Å². The van der Waals surface area contributed by atoms with E-state index in [1.807, 2.05) is 0 Å². The highest BCUT2D eigenvalue weighted by Gasteiger charge is 2.22. The second-order valence-electron chi connectivity index (χ2n) is 9.24. The van der Waals surface area contributed by atoms with Crippen molar-refractivity contribution in [1.82, 2.24) is 4.90 Å². The van der Waals surface area contributed by atoms with Gasteiger partial charge in [-0.25, -0.2) is 0 Å². The molecule has 0 radical (unpaired) electrons. The number of hydrogen-bond acceptors (Lipinski definition) is 15. The summed E-state index contributed by atoms with van der Waals surface area (Å²) in [6.07, 6.45) is 2.50. The van der Waals surface area contributed by atoms with Crippen molar-refractivity contribution in [3.05, 3.63) is 12.2 Å². The highest BCUT2D eigenvalue weighted by molar-refractivity contribution is 6.12. The summed E-state index contributed by atoms with van der Waals surface area (Å²) in [6.45, 7) is 11.7. The highest BCUT2D eigenvalue weighted by atomic mass is 16.6. The number of ether oxygens (including phenoxy) is 12. The van der Waals surface area contributed by atoms with Crippen LogP contribution in [-0.4, -0.2) is 181 Å². The Morgan fingerprint density at radius 1 is 0.413 bits per heavy atom. The predicted molar refractivity (Wildman–Crippen MR) is 162 cm³/mol. The summed E-state index contributed by atoms with van der Waals surface area (Å²) in [7, 11) is 0. The summed E-state index contributed by atoms with van der Waals surface area (Å²) in [5.74, 6) is -0.936. The monoisotopic (exact) mass is 667 g/mol. The van der Waals surface area contributed by atoms with Gasteiger partial charge >= 0.3 is 5.97 Å². The zero-order chi connectivity index (χ0) is 33.2. The average molecular weight is 668 g/mol. The standard InChI is InChI=1S/C30H53NO15/c1-28(32)46-27-26-45-25-24-44-23-22-43-21-20-42-19-18-41-17-16-40-15-14-39-13-12-38-11-10-37-9-8-36-7-6-35-5-4-31-29(33)2-3-30(31)34/h2-3H,4-27H2,1H3. The molecule has 0 fully saturated rings. The van der Waals surface area contributed by atoms with Crippen LogP contribution in [0.3, 0.4) is 0 Å². The van der Waals surface area contributed by atoms with Crippen molar-refractivity contribution in [3.8, 4) is 0 Å². The fraction of sp³-hybridized carbons (Fsp3) is 0.833. The van der Waals surface area contributed by atoms with Crippen LogP contribution >= 0.6 is 0 Å². The zero-order valence-electron chi connectivity index (χ0n) is 27.2. The first-order valence-corrected chi connectivity index (χ1v) is 15.6. The van der Waals surface area contributed by atoms with Crippen molar-refractivity contribution in [2.45, 2.75) is 6.92 Å². The van der Waals surface area contributed by atoms with Gasteiger partial charge in [0.05, 0.1) is 152 Å². The van der Waals surface area contributed by atoms with Gasteiger partial charge in [-0.15, -0.1) is 0 Å². The Balaban J connectivity index is 1.62. The molecule has 0 aromatic rings. The molecule has 1 rings (SSSR count). The van der Waals surface area contributed by atoms with Gasteiger partial charge in [0, 0.05) is 19.1 Å². The Labute approximate surface area is 271 Å². The number of nitrogens with zero attached hydrogens (tertiary/aromatic N) is 1. The van der Waals surface area contributed by atoms with E-state index in [0.29, 0.717) is 139 Å². The number of carbonyl (C=O) groups excluding carboxylic acids is 3. The minimum absolute atomic E-state index is 0.236. The van der Waals surface area contributed by atoms with E-state index in [4.69, 9.17) is 56.8 Å². The van der Waals surface area contributed by atoms with Crippen molar-refractivity contribution < 1.29 is 71.2 Å². The lowest BCUT2D eigenvalue weighted by Gasteiger charge is -2.13. The van der Waals surface area contributed by atoms with Crippen LogP contribution in [0.25, 0.3) is 0 Å². The molecule has 0 aliphatic carbocycles. The molecule has 0 unspecified atom stereocenters. The van der Waals surface area contributed by atoms with Crippen LogP contribution in [0.15, 0.2) is 12.2 Å². The molecule has 0 saturated heterocycles. The Morgan fingerprint density at radius 3 is 0.870 bits per heavy atom. The van der Waals surface area contributed by atoms with E-state index in [0.717, 1.165) is 4.90 Å². The molecule has 0 saturated carbocycles. The lowest BCUT2D eigenvalue weighted by Crippen LogP contribution is -2.33. The maximum absolute atomic E-state index is 11.4. The zero-order valence-corrected chi connectivity index (χ0v) is 27.2. The van der Waals surface area contributed by atoms with E-state index in [1.54, 1.807) is 0 Å². The first-order valence-electron chi connectivity index (χ1n) is 15.6. The Bertz CT molecular complexity index is 753. The summed E-state index contributed by atoms with van der Waals surface area (Å²) < 4.78 is 64.2. The van der Waals surface area contributed by atoms with Crippen LogP contribution in [-0.2, 0) is 71.2 Å². The Hall–Kier alpha value is -2.09. The molecule has 268 valence electrons. The maximum Gasteiger partial charge on any atom is 0.302 e. The molecule has 0 spiro atoms. The van der Waals surface area contributed by atoms with Gasteiger partial charge in [0.2, 0.25) is 0 Å². The van der Waals surface area contributed by atoms with Crippen molar-refractivity contribution in [1.29, 1.82) is 0 Å². The third-order valence-electron chi connectivity index (χ3n) is 5.61. The van der Waals surface area contributed by atoms with Gasteiger partial charge in [-0.05, 0) is 0 Å². The smallest absolute Gasteiger partial charge is 0.302 e. The second kappa shape index (κ2) is 32.8. The van der Waals surface area contributed by atoms with Gasteiger partial charge in [0.25, 0.3) is 11.8 Å². The summed E-state index contributed by atoms with van der Waals surface area (Å²) in [5, 5.41) is 0. The van der Waals surface area contributed by atoms with E-state index < -0.39 is 0 Å². The molecule has 1 aliphatic heterocycles. The quantitative estimate of drug-likeness (QED) is 0.0484. The second-order valence-corrected chi connectivity index (χ2v) is 9.24. The van der Waals surface area contributed by atoms with Crippen LogP contribution in [0.4, 0.5) is 0 Å². The van der Waals surface area contributed by atoms with Gasteiger partial charge in [0.1, 0.15) is 6.61 Å². The molecule has 1 heterocycles. The molecule has 0 aromatic carbocycles. The van der Waals surface area contributed by atoms with Gasteiger partial charge in [-0.2, -0.15) is 0 Å². The molecular weight excluding hydrogens is 614 g/mol. The van der Waals surface area contributed by atoms with Crippen LogP contribution in [0.5, 0.6) is 0 Å². The Kier molecular flexibility index (Phi) is 29.9. The predicted octanol–water partition coefficient (Wildman–Crippen LogP) is -0.343. The normalized spacial score (nSPS) is 12.9. The van der Waals surface area contributed by atoms with Crippen molar-refractivity contribution in [3.63, 3.8) is 0 Å². The van der Waals surface area contributed by atoms with E-state index in [1.165, 1.54) is 19.1 Å². The van der Waals surface area contributed by atoms with Crippen molar-refractivity contribution >= 4 is 17.8 Å². The first kappa shape index (κ1) is 41.9. The van der Waals surface area contributed by atoms with Gasteiger partial charge in [0.15, 0.2) is 0 Å². The molecule has 46 heavy (non-hydrogen) atoms. The third-order valence-corrected chi connectivity index (χ3v) is 5.61. The first-order chi connectivity index (χ1) is 22.6. The van der Waals surface area contributed by atoms with Crippen LogP contribution < -0.4 is 0 Å². The summed E-state index contributed by atoms with van der Waals surface area (Å²) in [4.78, 5) is 34.5. The lowest BCUT2D eigenvalue weighted by atomic mass is 10.5. The molecule has 0 aromatic heterocycles. The maximum atomic E-state index is 11.4. The van der Waals surface area contributed by atoms with E-state index in [2.05, 4.69) is 0 Å². The van der Waals surface area contributed by atoms with Crippen LogP contribution in [0.1, 0.15) is 6.92 Å². The van der Waals surface area contributed by atoms with Crippen molar-refractivity contribution in [2.24, 2.45) is 0 Å². The summed E-state index contributed by atoms with van der Waals surface area (Å²) in [6, 6.07) is 0. The minimum Gasteiger partial charge on any atom is -0.463 e. The third kappa shape index (κ3) is 28.2. The average Bonchev–Trinajstić information content (AvgIpc) is 3.36. The van der Waals surface area contributed by atoms with Crippen LogP contribution in [0.2, 0.25) is 0 Å². The number of hydrogen-bond donors (Lipinski definition) is 0. The summed E-state index contributed by atoms with van der Waals surface area (Å²) >= 11 is 0. The molecule has 0 N–H and O–H groups in total. The minimum atomic E-state index is -0.317. The lowest BCUT2D eigenvalue weighted by molar-refractivity contribution is -0.142. The molecule has 0 atom stereocenters. The van der Waals surface area contributed by atoms with E-state index in [-0.39, 0.29) is 37.5 Å². The molecular formula is C30H53NO15. The molecule has 16 nitrogen and oxygen atoms in total. The fourth-order valence-corrected chi connectivity index (χ4v) is 3.35. The van der Waals surface area contributed by atoms with Gasteiger partial charge in [-0.1, -0.05) is 0 Å².